The molecule has 0 bridgehead atoms. The maximum Gasteiger partial charge on any atom is 0.356 e. The van der Waals surface area contributed by atoms with Crippen LogP contribution in [-0.4, -0.2) is 34.1 Å². The third kappa shape index (κ3) is 2.44. The molecule has 0 saturated carbocycles. The lowest BCUT2D eigenvalue weighted by Crippen LogP contribution is -2.29. The van der Waals surface area contributed by atoms with Crippen molar-refractivity contribution in [3.63, 3.8) is 0 Å². The van der Waals surface area contributed by atoms with Crippen LogP contribution in [-0.2, 0) is 18.2 Å². The first-order chi connectivity index (χ1) is 9.63. The number of nitrogens with zero attached hydrogens (tertiary/aromatic N) is 2. The van der Waals surface area contributed by atoms with Crippen molar-refractivity contribution in [3.8, 4) is 11.3 Å². The Kier molecular flexibility index (Phi) is 3.28. The van der Waals surface area contributed by atoms with Gasteiger partial charge in [0.05, 0.1) is 18.9 Å². The molecule has 5 nitrogen and oxygen atoms in total. The van der Waals surface area contributed by atoms with Gasteiger partial charge >= 0.3 is 5.97 Å². The highest BCUT2D eigenvalue weighted by atomic mass is 16.5. The van der Waals surface area contributed by atoms with Gasteiger partial charge in [-0.1, -0.05) is 24.3 Å². The fraction of sp³-hybridized carbons (Fsp3) is 0.333. The van der Waals surface area contributed by atoms with Crippen LogP contribution < -0.4 is 0 Å². The molecule has 0 atom stereocenters. The summed E-state index contributed by atoms with van der Waals surface area (Å²) in [5.41, 5.74) is 3.13. The second kappa shape index (κ2) is 5.09. The maximum atomic E-state index is 10.9. The standard InChI is InChI=1S/C15H16N2O3/c1-17-14(7-13(16-17)15(18)19)12-4-2-10(3-5-12)6-11-8-20-9-11/h2-5,7,11H,6,8-9H2,1H3,(H,18,19). The van der Waals surface area contributed by atoms with Crippen LogP contribution >= 0.6 is 0 Å². The molecule has 1 N–H and O–H groups in total. The summed E-state index contributed by atoms with van der Waals surface area (Å²) in [6, 6.07) is 9.79. The molecule has 3 rings (SSSR count). The van der Waals surface area contributed by atoms with Crippen molar-refractivity contribution in [2.24, 2.45) is 13.0 Å². The number of ether oxygens (including phenoxy) is 1. The summed E-state index contributed by atoms with van der Waals surface area (Å²) in [5.74, 6) is -0.371. The number of carboxylic acid groups (broad SMARTS) is 1. The maximum absolute atomic E-state index is 10.9. The summed E-state index contributed by atoms with van der Waals surface area (Å²) in [4.78, 5) is 10.9. The second-order valence-corrected chi connectivity index (χ2v) is 5.15. The second-order valence-electron chi connectivity index (χ2n) is 5.15. The largest absolute Gasteiger partial charge is 0.476 e. The number of hydrogen-bond donors (Lipinski definition) is 1. The van der Waals surface area contributed by atoms with Gasteiger partial charge in [0.2, 0.25) is 0 Å². The molecule has 1 aliphatic rings. The third-order valence-corrected chi connectivity index (χ3v) is 3.58. The average Bonchev–Trinajstić information content (AvgIpc) is 2.77. The van der Waals surface area contributed by atoms with Gasteiger partial charge in [-0.15, -0.1) is 0 Å². The minimum absolute atomic E-state index is 0.0678. The molecule has 0 spiro atoms. The van der Waals surface area contributed by atoms with E-state index < -0.39 is 5.97 Å². The lowest BCUT2D eigenvalue weighted by molar-refractivity contribution is -0.0312. The van der Waals surface area contributed by atoms with Crippen LogP contribution in [0.1, 0.15) is 16.1 Å². The van der Waals surface area contributed by atoms with E-state index in [0.29, 0.717) is 5.92 Å². The Morgan fingerprint density at radius 3 is 2.60 bits per heavy atom. The average molecular weight is 272 g/mol. The van der Waals surface area contributed by atoms with Gasteiger partial charge in [0.1, 0.15) is 0 Å². The number of aromatic nitrogens is 2. The molecule has 2 aromatic rings. The summed E-state index contributed by atoms with van der Waals surface area (Å²) in [6.07, 6.45) is 1.03. The molecule has 0 aliphatic carbocycles. The first kappa shape index (κ1) is 12.9. The highest BCUT2D eigenvalue weighted by molar-refractivity contribution is 5.87. The minimum Gasteiger partial charge on any atom is -0.476 e. The van der Waals surface area contributed by atoms with E-state index in [1.54, 1.807) is 17.8 Å². The van der Waals surface area contributed by atoms with Crippen molar-refractivity contribution >= 4 is 5.97 Å². The molecule has 1 aliphatic heterocycles. The number of benzene rings is 1. The molecule has 5 heteroatoms. The minimum atomic E-state index is -1.01. The van der Waals surface area contributed by atoms with Crippen LogP contribution in [0.4, 0.5) is 0 Å². The highest BCUT2D eigenvalue weighted by Gasteiger charge is 2.18. The number of rotatable bonds is 4. The zero-order chi connectivity index (χ0) is 14.1. The summed E-state index contributed by atoms with van der Waals surface area (Å²) in [5, 5.41) is 12.9. The fourth-order valence-corrected chi connectivity index (χ4v) is 2.39. The van der Waals surface area contributed by atoms with Crippen LogP contribution in [0.5, 0.6) is 0 Å². The van der Waals surface area contributed by atoms with Crippen LogP contribution in [0.15, 0.2) is 30.3 Å². The van der Waals surface area contributed by atoms with E-state index in [2.05, 4.69) is 17.2 Å². The Balaban J connectivity index is 1.81. The molecule has 1 aromatic heterocycles. The van der Waals surface area contributed by atoms with Crippen molar-refractivity contribution in [2.45, 2.75) is 6.42 Å². The highest BCUT2D eigenvalue weighted by Crippen LogP contribution is 2.22. The van der Waals surface area contributed by atoms with Gasteiger partial charge in [-0.05, 0) is 23.6 Å². The molecule has 1 fully saturated rings. The van der Waals surface area contributed by atoms with Crippen LogP contribution in [0.3, 0.4) is 0 Å². The van der Waals surface area contributed by atoms with E-state index in [-0.39, 0.29) is 5.69 Å². The number of carbonyl (C=O) groups is 1. The van der Waals surface area contributed by atoms with E-state index >= 15 is 0 Å². The van der Waals surface area contributed by atoms with E-state index in [1.165, 1.54) is 5.56 Å². The number of aromatic carboxylic acids is 1. The molecule has 1 saturated heterocycles. The van der Waals surface area contributed by atoms with E-state index in [0.717, 1.165) is 30.9 Å². The van der Waals surface area contributed by atoms with Crippen molar-refractivity contribution < 1.29 is 14.6 Å². The van der Waals surface area contributed by atoms with Crippen LogP contribution in [0.2, 0.25) is 0 Å². The lowest BCUT2D eigenvalue weighted by atomic mass is 9.97. The summed E-state index contributed by atoms with van der Waals surface area (Å²) in [6.45, 7) is 1.71. The molecule has 0 unspecified atom stereocenters. The summed E-state index contributed by atoms with van der Waals surface area (Å²) >= 11 is 0. The van der Waals surface area contributed by atoms with E-state index in [9.17, 15) is 4.79 Å². The van der Waals surface area contributed by atoms with Crippen molar-refractivity contribution in [1.82, 2.24) is 9.78 Å². The van der Waals surface area contributed by atoms with Gasteiger partial charge in [0.25, 0.3) is 0 Å². The quantitative estimate of drug-likeness (QED) is 0.924. The Bertz CT molecular complexity index is 627. The van der Waals surface area contributed by atoms with E-state index in [1.807, 2.05) is 12.1 Å². The predicted molar refractivity (Wildman–Crippen MR) is 73.6 cm³/mol. The molecule has 1 aromatic carbocycles. The molecule has 0 amide bonds. The fourth-order valence-electron chi connectivity index (χ4n) is 2.39. The summed E-state index contributed by atoms with van der Waals surface area (Å²) in [7, 11) is 1.75. The monoisotopic (exact) mass is 272 g/mol. The molecular weight excluding hydrogens is 256 g/mol. The van der Waals surface area contributed by atoms with Crippen molar-refractivity contribution in [1.29, 1.82) is 0 Å². The van der Waals surface area contributed by atoms with Gasteiger partial charge in [0.15, 0.2) is 5.69 Å². The predicted octanol–water partition coefficient (Wildman–Crippen LogP) is 1.97. The molecule has 0 radical (unpaired) electrons. The van der Waals surface area contributed by atoms with Gasteiger partial charge in [0, 0.05) is 13.0 Å². The third-order valence-electron chi connectivity index (χ3n) is 3.58. The first-order valence-corrected chi connectivity index (χ1v) is 6.58. The molecule has 2 heterocycles. The van der Waals surface area contributed by atoms with Crippen LogP contribution in [0, 0.1) is 5.92 Å². The molecule has 20 heavy (non-hydrogen) atoms. The zero-order valence-electron chi connectivity index (χ0n) is 11.2. The normalized spacial score (nSPS) is 15.1. The Morgan fingerprint density at radius 2 is 2.10 bits per heavy atom. The van der Waals surface area contributed by atoms with Gasteiger partial charge in [-0.25, -0.2) is 4.79 Å². The van der Waals surface area contributed by atoms with Crippen molar-refractivity contribution in [2.75, 3.05) is 13.2 Å². The van der Waals surface area contributed by atoms with Gasteiger partial charge < -0.3 is 9.84 Å². The lowest BCUT2D eigenvalue weighted by Gasteiger charge is -2.25. The summed E-state index contributed by atoms with van der Waals surface area (Å²) < 4.78 is 6.77. The van der Waals surface area contributed by atoms with Crippen LogP contribution in [0.25, 0.3) is 11.3 Å². The molecular formula is C15H16N2O3. The number of carboxylic acids is 1. The van der Waals surface area contributed by atoms with Gasteiger partial charge in [-0.2, -0.15) is 5.10 Å². The smallest absolute Gasteiger partial charge is 0.356 e. The topological polar surface area (TPSA) is 64.4 Å². The SMILES string of the molecule is Cn1nc(C(=O)O)cc1-c1ccc(CC2COC2)cc1. The van der Waals surface area contributed by atoms with Crippen molar-refractivity contribution in [3.05, 3.63) is 41.6 Å². The van der Waals surface area contributed by atoms with E-state index in [4.69, 9.17) is 9.84 Å². The van der Waals surface area contributed by atoms with Gasteiger partial charge in [-0.3, -0.25) is 4.68 Å². The molecule has 104 valence electrons. The first-order valence-electron chi connectivity index (χ1n) is 6.58. The zero-order valence-corrected chi connectivity index (χ0v) is 11.2. The number of aryl methyl sites for hydroxylation is 1. The Morgan fingerprint density at radius 1 is 1.40 bits per heavy atom. The Hall–Kier alpha value is -2.14. The number of hydrogen-bond acceptors (Lipinski definition) is 3. The Labute approximate surface area is 116 Å².